The third-order valence-corrected chi connectivity index (χ3v) is 4.53. The number of hydrogen-bond donors (Lipinski definition) is 1. The minimum atomic E-state index is -0.829. The zero-order valence-corrected chi connectivity index (χ0v) is 14.9. The highest BCUT2D eigenvalue weighted by Crippen LogP contribution is 2.23. The van der Waals surface area contributed by atoms with Gasteiger partial charge in [-0.3, -0.25) is 9.48 Å². The maximum atomic E-state index is 12.9. The predicted octanol–water partition coefficient (Wildman–Crippen LogP) is 1.46. The number of likely N-dealkylation sites (N-methyl/N-ethyl adjacent to an activating group) is 1. The van der Waals surface area contributed by atoms with Gasteiger partial charge in [0.1, 0.15) is 0 Å². The molecule has 1 aromatic heterocycles. The van der Waals surface area contributed by atoms with Crippen molar-refractivity contribution in [2.75, 3.05) is 33.7 Å². The van der Waals surface area contributed by atoms with Crippen LogP contribution in [-0.2, 0) is 6.54 Å². The first-order chi connectivity index (χ1) is 12.0. The molecule has 1 aromatic carbocycles. The Kier molecular flexibility index (Phi) is 5.20. The van der Waals surface area contributed by atoms with Crippen molar-refractivity contribution in [3.05, 3.63) is 53.9 Å². The van der Waals surface area contributed by atoms with E-state index in [1.54, 1.807) is 11.1 Å². The van der Waals surface area contributed by atoms with Crippen molar-refractivity contribution in [3.8, 4) is 0 Å². The summed E-state index contributed by atoms with van der Waals surface area (Å²) in [5.74, 6) is -0.0146. The molecule has 2 heterocycles. The van der Waals surface area contributed by atoms with Crippen LogP contribution in [0.2, 0.25) is 0 Å². The Morgan fingerprint density at radius 2 is 2.20 bits per heavy atom. The van der Waals surface area contributed by atoms with Crippen molar-refractivity contribution in [3.63, 3.8) is 0 Å². The third-order valence-electron chi connectivity index (χ3n) is 4.53. The van der Waals surface area contributed by atoms with Crippen molar-refractivity contribution in [2.45, 2.75) is 25.0 Å². The number of piperidine rings is 1. The van der Waals surface area contributed by atoms with E-state index in [1.807, 2.05) is 60.2 Å². The van der Waals surface area contributed by atoms with Gasteiger partial charge in [-0.1, -0.05) is 12.1 Å². The van der Waals surface area contributed by atoms with E-state index in [1.165, 1.54) is 0 Å². The quantitative estimate of drug-likeness (QED) is 0.894. The molecule has 0 saturated carbocycles. The van der Waals surface area contributed by atoms with Crippen LogP contribution in [0.3, 0.4) is 0 Å². The number of benzene rings is 1. The van der Waals surface area contributed by atoms with E-state index in [0.29, 0.717) is 31.7 Å². The van der Waals surface area contributed by atoms with Gasteiger partial charge in [-0.2, -0.15) is 5.10 Å². The van der Waals surface area contributed by atoms with Crippen molar-refractivity contribution < 1.29 is 9.90 Å². The first-order valence-electron chi connectivity index (χ1n) is 8.68. The molecule has 1 amide bonds. The second-order valence-electron chi connectivity index (χ2n) is 7.20. The van der Waals surface area contributed by atoms with Gasteiger partial charge in [0.2, 0.25) is 0 Å². The molecule has 1 fully saturated rings. The van der Waals surface area contributed by atoms with Gasteiger partial charge >= 0.3 is 0 Å². The number of hydrogen-bond acceptors (Lipinski definition) is 4. The zero-order chi connectivity index (χ0) is 17.9. The van der Waals surface area contributed by atoms with Gasteiger partial charge in [0.25, 0.3) is 5.91 Å². The number of likely N-dealkylation sites (tertiary alicyclic amines) is 1. The molecule has 2 aromatic rings. The largest absolute Gasteiger partial charge is 0.387 e. The summed E-state index contributed by atoms with van der Waals surface area (Å²) in [6.45, 7) is 2.28. The molecule has 134 valence electrons. The molecule has 3 rings (SSSR count). The van der Waals surface area contributed by atoms with Gasteiger partial charge in [0, 0.05) is 31.0 Å². The van der Waals surface area contributed by atoms with Crippen molar-refractivity contribution >= 4 is 5.91 Å². The summed E-state index contributed by atoms with van der Waals surface area (Å²) >= 11 is 0. The highest BCUT2D eigenvalue weighted by molar-refractivity contribution is 5.94. The van der Waals surface area contributed by atoms with E-state index in [0.717, 1.165) is 18.4 Å². The number of aromatic nitrogens is 2. The normalized spacial score (nSPS) is 20.9. The Labute approximate surface area is 148 Å². The topological polar surface area (TPSA) is 61.6 Å². The summed E-state index contributed by atoms with van der Waals surface area (Å²) in [4.78, 5) is 16.7. The molecule has 0 spiro atoms. The Hall–Kier alpha value is -2.18. The summed E-state index contributed by atoms with van der Waals surface area (Å²) < 4.78 is 1.83. The molecule has 6 nitrogen and oxygen atoms in total. The van der Waals surface area contributed by atoms with Gasteiger partial charge in [-0.05, 0) is 50.7 Å². The molecular formula is C19H26N4O2. The summed E-state index contributed by atoms with van der Waals surface area (Å²) in [5, 5.41) is 15.0. The van der Waals surface area contributed by atoms with E-state index in [2.05, 4.69) is 5.10 Å². The molecule has 1 N–H and O–H groups in total. The predicted molar refractivity (Wildman–Crippen MR) is 96.4 cm³/mol. The number of rotatable bonds is 5. The average Bonchev–Trinajstić information content (AvgIpc) is 3.06. The maximum Gasteiger partial charge on any atom is 0.253 e. The standard InChI is InChI=1S/C19H26N4O2/c1-21(2)14-19(25)8-4-10-22(15-19)18(24)17-7-3-6-16(12-17)13-23-11-5-9-20-23/h3,5-7,9,11-12,25H,4,8,10,13-15H2,1-2H3/t19-/m1/s1. The van der Waals surface area contributed by atoms with Crippen LogP contribution < -0.4 is 0 Å². The van der Waals surface area contributed by atoms with Crippen LogP contribution >= 0.6 is 0 Å². The van der Waals surface area contributed by atoms with E-state index in [-0.39, 0.29) is 5.91 Å². The lowest BCUT2D eigenvalue weighted by atomic mass is 9.92. The third kappa shape index (κ3) is 4.46. The second kappa shape index (κ2) is 7.37. The first-order valence-corrected chi connectivity index (χ1v) is 8.68. The fraction of sp³-hybridized carbons (Fsp3) is 0.474. The smallest absolute Gasteiger partial charge is 0.253 e. The van der Waals surface area contributed by atoms with Gasteiger partial charge in [-0.15, -0.1) is 0 Å². The SMILES string of the molecule is CN(C)C[C@]1(O)CCCN(C(=O)c2cccc(Cn3cccn3)c2)C1. The fourth-order valence-electron chi connectivity index (χ4n) is 3.57. The molecule has 0 bridgehead atoms. The molecule has 1 saturated heterocycles. The molecular weight excluding hydrogens is 316 g/mol. The molecule has 0 aliphatic carbocycles. The molecule has 6 heteroatoms. The summed E-state index contributed by atoms with van der Waals surface area (Å²) in [5.41, 5.74) is 0.873. The minimum Gasteiger partial charge on any atom is -0.387 e. The number of β-amino-alcohol motifs (C(OH)–C–C–N with tert-alkyl or cyclic N) is 1. The van der Waals surface area contributed by atoms with Gasteiger partial charge in [-0.25, -0.2) is 0 Å². The highest BCUT2D eigenvalue weighted by Gasteiger charge is 2.35. The van der Waals surface area contributed by atoms with Crippen LogP contribution in [0.25, 0.3) is 0 Å². The number of amides is 1. The molecule has 1 atom stereocenters. The Morgan fingerprint density at radius 3 is 2.92 bits per heavy atom. The zero-order valence-electron chi connectivity index (χ0n) is 14.9. The number of aliphatic hydroxyl groups is 1. The lowest BCUT2D eigenvalue weighted by Crippen LogP contribution is -2.54. The van der Waals surface area contributed by atoms with Crippen molar-refractivity contribution in [1.29, 1.82) is 0 Å². The van der Waals surface area contributed by atoms with E-state index < -0.39 is 5.60 Å². The van der Waals surface area contributed by atoms with Gasteiger partial charge in [0.05, 0.1) is 18.7 Å². The van der Waals surface area contributed by atoms with Crippen LogP contribution in [0, 0.1) is 0 Å². The maximum absolute atomic E-state index is 12.9. The Bertz CT molecular complexity index is 714. The average molecular weight is 342 g/mol. The summed E-state index contributed by atoms with van der Waals surface area (Å²) in [7, 11) is 3.88. The van der Waals surface area contributed by atoms with Crippen LogP contribution in [0.15, 0.2) is 42.7 Å². The summed E-state index contributed by atoms with van der Waals surface area (Å²) in [6, 6.07) is 9.55. The minimum absolute atomic E-state index is 0.0146. The number of nitrogens with zero attached hydrogens (tertiary/aromatic N) is 4. The summed E-state index contributed by atoms with van der Waals surface area (Å²) in [6.07, 6.45) is 5.20. The van der Waals surface area contributed by atoms with Gasteiger partial charge < -0.3 is 14.9 Å². The molecule has 0 radical (unpaired) electrons. The molecule has 25 heavy (non-hydrogen) atoms. The second-order valence-corrected chi connectivity index (χ2v) is 7.20. The molecule has 0 unspecified atom stereocenters. The number of carbonyl (C=O) groups is 1. The number of carbonyl (C=O) groups excluding carboxylic acids is 1. The van der Waals surface area contributed by atoms with Crippen molar-refractivity contribution in [2.24, 2.45) is 0 Å². The van der Waals surface area contributed by atoms with E-state index >= 15 is 0 Å². The molecule has 1 aliphatic rings. The van der Waals surface area contributed by atoms with Crippen molar-refractivity contribution in [1.82, 2.24) is 19.6 Å². The van der Waals surface area contributed by atoms with Crippen LogP contribution in [-0.4, -0.2) is 69.9 Å². The lowest BCUT2D eigenvalue weighted by Gasteiger charge is -2.40. The highest BCUT2D eigenvalue weighted by atomic mass is 16.3. The van der Waals surface area contributed by atoms with Crippen LogP contribution in [0.5, 0.6) is 0 Å². The van der Waals surface area contributed by atoms with Crippen LogP contribution in [0.4, 0.5) is 0 Å². The Balaban J connectivity index is 1.72. The lowest BCUT2D eigenvalue weighted by molar-refractivity contribution is -0.0391. The molecule has 1 aliphatic heterocycles. The van der Waals surface area contributed by atoms with E-state index in [4.69, 9.17) is 0 Å². The van der Waals surface area contributed by atoms with Crippen LogP contribution in [0.1, 0.15) is 28.8 Å². The van der Waals surface area contributed by atoms with Gasteiger partial charge in [0.15, 0.2) is 0 Å². The fourth-order valence-corrected chi connectivity index (χ4v) is 3.57. The van der Waals surface area contributed by atoms with E-state index in [9.17, 15) is 9.90 Å². The monoisotopic (exact) mass is 342 g/mol. The Morgan fingerprint density at radius 1 is 1.36 bits per heavy atom. The first kappa shape index (κ1) is 17.6.